The second-order valence-electron chi connectivity index (χ2n) is 5.04. The van der Waals surface area contributed by atoms with Crippen molar-refractivity contribution in [1.82, 2.24) is 9.55 Å². The second-order valence-corrected chi connectivity index (χ2v) is 5.04. The number of rotatable bonds is 4. The van der Waals surface area contributed by atoms with E-state index in [9.17, 15) is 0 Å². The van der Waals surface area contributed by atoms with E-state index in [2.05, 4.69) is 47.7 Å². The van der Waals surface area contributed by atoms with Gasteiger partial charge in [0.2, 0.25) is 0 Å². The molecule has 1 aromatic heterocycles. The Morgan fingerprint density at radius 2 is 1.89 bits per heavy atom. The fourth-order valence-corrected chi connectivity index (χ4v) is 2.04. The van der Waals surface area contributed by atoms with E-state index in [1.807, 2.05) is 13.2 Å². The van der Waals surface area contributed by atoms with Gasteiger partial charge in [-0.3, -0.25) is 0 Å². The number of benzene rings is 1. The van der Waals surface area contributed by atoms with E-state index < -0.39 is 0 Å². The zero-order chi connectivity index (χ0) is 13.1. The summed E-state index contributed by atoms with van der Waals surface area (Å²) in [4.78, 5) is 4.52. The average molecular weight is 243 g/mol. The number of nitrogens with zero attached hydrogens (tertiary/aromatic N) is 2. The molecule has 0 radical (unpaired) electrons. The molecule has 2 N–H and O–H groups in total. The second kappa shape index (κ2) is 5.36. The Balaban J connectivity index is 2.15. The van der Waals surface area contributed by atoms with E-state index in [-0.39, 0.29) is 0 Å². The van der Waals surface area contributed by atoms with Crippen LogP contribution >= 0.6 is 0 Å². The SMILES string of the molecule is CC(C)c1ccc(Cc2nc(CN)cn2C)cc1. The zero-order valence-electron chi connectivity index (χ0n) is 11.4. The molecule has 0 aliphatic rings. The molecule has 0 spiro atoms. The summed E-state index contributed by atoms with van der Waals surface area (Å²) in [5.74, 6) is 1.64. The van der Waals surface area contributed by atoms with Crippen LogP contribution in [0.3, 0.4) is 0 Å². The van der Waals surface area contributed by atoms with E-state index in [1.165, 1.54) is 11.1 Å². The molecule has 0 fully saturated rings. The van der Waals surface area contributed by atoms with Crippen molar-refractivity contribution in [2.45, 2.75) is 32.7 Å². The van der Waals surface area contributed by atoms with Crippen LogP contribution in [0.2, 0.25) is 0 Å². The molecular formula is C15H21N3. The van der Waals surface area contributed by atoms with Crippen molar-refractivity contribution in [3.63, 3.8) is 0 Å². The van der Waals surface area contributed by atoms with Gasteiger partial charge in [0, 0.05) is 26.2 Å². The predicted molar refractivity (Wildman–Crippen MR) is 74.4 cm³/mol. The predicted octanol–water partition coefficient (Wildman–Crippen LogP) is 2.59. The van der Waals surface area contributed by atoms with Crippen molar-refractivity contribution >= 4 is 0 Å². The van der Waals surface area contributed by atoms with Gasteiger partial charge in [-0.15, -0.1) is 0 Å². The normalized spacial score (nSPS) is 11.2. The number of nitrogens with two attached hydrogens (primary N) is 1. The molecule has 0 bridgehead atoms. The molecule has 2 aromatic rings. The Bertz CT molecular complexity index is 509. The maximum Gasteiger partial charge on any atom is 0.113 e. The van der Waals surface area contributed by atoms with Crippen molar-refractivity contribution in [1.29, 1.82) is 0 Å². The van der Waals surface area contributed by atoms with Gasteiger partial charge in [-0.05, 0) is 17.0 Å². The standard InChI is InChI=1S/C15H21N3/c1-11(2)13-6-4-12(5-7-13)8-15-17-14(9-16)10-18(15)3/h4-7,10-11H,8-9,16H2,1-3H3. The molecule has 2 rings (SSSR count). The summed E-state index contributed by atoms with van der Waals surface area (Å²) in [6.45, 7) is 4.92. The van der Waals surface area contributed by atoms with Gasteiger partial charge in [0.25, 0.3) is 0 Å². The first-order chi connectivity index (χ1) is 8.60. The van der Waals surface area contributed by atoms with E-state index >= 15 is 0 Å². The topological polar surface area (TPSA) is 43.8 Å². The molecule has 0 saturated carbocycles. The van der Waals surface area contributed by atoms with Crippen LogP contribution in [0.5, 0.6) is 0 Å². The molecule has 96 valence electrons. The minimum Gasteiger partial charge on any atom is -0.337 e. The highest BCUT2D eigenvalue weighted by Gasteiger charge is 2.06. The third kappa shape index (κ3) is 2.79. The molecular weight excluding hydrogens is 222 g/mol. The first kappa shape index (κ1) is 12.8. The molecule has 1 aromatic carbocycles. The van der Waals surface area contributed by atoms with Crippen molar-refractivity contribution in [2.75, 3.05) is 0 Å². The van der Waals surface area contributed by atoms with Gasteiger partial charge in [0.1, 0.15) is 5.82 Å². The first-order valence-corrected chi connectivity index (χ1v) is 6.40. The van der Waals surface area contributed by atoms with Crippen LogP contribution in [-0.4, -0.2) is 9.55 Å². The highest BCUT2D eigenvalue weighted by atomic mass is 15.0. The Hall–Kier alpha value is -1.61. The molecule has 0 saturated heterocycles. The zero-order valence-corrected chi connectivity index (χ0v) is 11.4. The molecule has 18 heavy (non-hydrogen) atoms. The van der Waals surface area contributed by atoms with Crippen LogP contribution in [0.25, 0.3) is 0 Å². The monoisotopic (exact) mass is 243 g/mol. The van der Waals surface area contributed by atoms with E-state index in [4.69, 9.17) is 5.73 Å². The lowest BCUT2D eigenvalue weighted by atomic mass is 10.0. The largest absolute Gasteiger partial charge is 0.337 e. The molecule has 3 heteroatoms. The Labute approximate surface area is 109 Å². The van der Waals surface area contributed by atoms with E-state index in [0.29, 0.717) is 12.5 Å². The Kier molecular flexibility index (Phi) is 3.82. The number of hydrogen-bond acceptors (Lipinski definition) is 2. The molecule has 3 nitrogen and oxygen atoms in total. The quantitative estimate of drug-likeness (QED) is 0.897. The highest BCUT2D eigenvalue weighted by Crippen LogP contribution is 2.16. The minimum absolute atomic E-state index is 0.500. The van der Waals surface area contributed by atoms with Crippen molar-refractivity contribution < 1.29 is 0 Å². The third-order valence-electron chi connectivity index (χ3n) is 3.24. The number of aromatic nitrogens is 2. The van der Waals surface area contributed by atoms with Gasteiger partial charge in [0.15, 0.2) is 0 Å². The van der Waals surface area contributed by atoms with Crippen molar-refractivity contribution in [3.8, 4) is 0 Å². The molecule has 0 unspecified atom stereocenters. The third-order valence-corrected chi connectivity index (χ3v) is 3.24. The lowest BCUT2D eigenvalue weighted by molar-refractivity contribution is 0.819. The van der Waals surface area contributed by atoms with Gasteiger partial charge in [-0.2, -0.15) is 0 Å². The van der Waals surface area contributed by atoms with Gasteiger partial charge in [-0.1, -0.05) is 38.1 Å². The summed E-state index contributed by atoms with van der Waals surface area (Å²) >= 11 is 0. The minimum atomic E-state index is 0.500. The summed E-state index contributed by atoms with van der Waals surface area (Å²) in [6.07, 6.45) is 2.85. The molecule has 0 aliphatic heterocycles. The van der Waals surface area contributed by atoms with Crippen LogP contribution < -0.4 is 5.73 Å². The highest BCUT2D eigenvalue weighted by molar-refractivity contribution is 5.27. The number of imidazole rings is 1. The Morgan fingerprint density at radius 3 is 2.39 bits per heavy atom. The maximum atomic E-state index is 5.60. The maximum absolute atomic E-state index is 5.60. The summed E-state index contributed by atoms with van der Waals surface area (Å²) in [7, 11) is 2.02. The van der Waals surface area contributed by atoms with Crippen LogP contribution in [0, 0.1) is 0 Å². The lowest BCUT2D eigenvalue weighted by Gasteiger charge is -2.07. The first-order valence-electron chi connectivity index (χ1n) is 6.40. The summed E-state index contributed by atoms with van der Waals surface area (Å²) < 4.78 is 2.05. The van der Waals surface area contributed by atoms with Crippen LogP contribution in [-0.2, 0) is 20.0 Å². The fraction of sp³-hybridized carbons (Fsp3) is 0.400. The van der Waals surface area contributed by atoms with Crippen molar-refractivity contribution in [3.05, 3.63) is 53.1 Å². The van der Waals surface area contributed by atoms with Crippen LogP contribution in [0.15, 0.2) is 30.5 Å². The number of aryl methyl sites for hydroxylation is 1. The summed E-state index contributed by atoms with van der Waals surface area (Å²) in [5, 5.41) is 0. The molecule has 0 amide bonds. The molecule has 0 atom stereocenters. The number of hydrogen-bond donors (Lipinski definition) is 1. The lowest BCUT2D eigenvalue weighted by Crippen LogP contribution is -1.99. The molecule has 0 aliphatic carbocycles. The fourth-order valence-electron chi connectivity index (χ4n) is 2.04. The van der Waals surface area contributed by atoms with Gasteiger partial charge in [-0.25, -0.2) is 4.98 Å². The molecule has 1 heterocycles. The Morgan fingerprint density at radius 1 is 1.22 bits per heavy atom. The van der Waals surface area contributed by atoms with Crippen molar-refractivity contribution in [2.24, 2.45) is 12.8 Å². The average Bonchev–Trinajstić information content (AvgIpc) is 2.71. The van der Waals surface area contributed by atoms with Gasteiger partial charge in [0.05, 0.1) is 5.69 Å². The van der Waals surface area contributed by atoms with E-state index in [0.717, 1.165) is 17.9 Å². The van der Waals surface area contributed by atoms with Gasteiger partial charge >= 0.3 is 0 Å². The summed E-state index contributed by atoms with van der Waals surface area (Å²) in [6, 6.07) is 8.78. The smallest absolute Gasteiger partial charge is 0.113 e. The van der Waals surface area contributed by atoms with Crippen LogP contribution in [0.4, 0.5) is 0 Å². The summed E-state index contributed by atoms with van der Waals surface area (Å²) in [5.41, 5.74) is 9.22. The van der Waals surface area contributed by atoms with Crippen LogP contribution in [0.1, 0.15) is 42.4 Å². The van der Waals surface area contributed by atoms with E-state index in [1.54, 1.807) is 0 Å². The van der Waals surface area contributed by atoms with Gasteiger partial charge < -0.3 is 10.3 Å².